The molecule has 0 spiro atoms. The highest BCUT2D eigenvalue weighted by molar-refractivity contribution is 6.32. The Hall–Kier alpha value is -2.93. The van der Waals surface area contributed by atoms with Gasteiger partial charge in [-0.25, -0.2) is 4.68 Å². The van der Waals surface area contributed by atoms with Gasteiger partial charge in [0.25, 0.3) is 11.5 Å². The summed E-state index contributed by atoms with van der Waals surface area (Å²) in [5.41, 5.74) is 1.89. The molecule has 25 heavy (non-hydrogen) atoms. The standard InChI is InChI=1S/C17H16ClN5O2/c1-10-8-9-22(3)17(25)14(10)19-16(24)15-11(2)23(21-20-15)13-7-5-4-6-12(13)18/h4-9H,1-3H3,(H,19,24). The van der Waals surface area contributed by atoms with Crippen LogP contribution in [-0.2, 0) is 7.05 Å². The third-order valence-electron chi connectivity index (χ3n) is 3.91. The first-order chi connectivity index (χ1) is 11.9. The molecule has 0 aliphatic rings. The molecule has 0 fully saturated rings. The van der Waals surface area contributed by atoms with E-state index in [0.29, 0.717) is 22.0 Å². The quantitative estimate of drug-likeness (QED) is 0.780. The zero-order valence-electron chi connectivity index (χ0n) is 13.9. The number of aromatic nitrogens is 4. The maximum absolute atomic E-state index is 12.6. The number of halogens is 1. The van der Waals surface area contributed by atoms with Crippen LogP contribution in [-0.4, -0.2) is 25.5 Å². The SMILES string of the molecule is Cc1ccn(C)c(=O)c1NC(=O)c1nnn(-c2ccccc2Cl)c1C. The average molecular weight is 358 g/mol. The zero-order chi connectivity index (χ0) is 18.1. The molecule has 0 radical (unpaired) electrons. The average Bonchev–Trinajstić information content (AvgIpc) is 2.97. The predicted molar refractivity (Wildman–Crippen MR) is 95.5 cm³/mol. The number of pyridine rings is 1. The number of carbonyl (C=O) groups excluding carboxylic acids is 1. The minimum atomic E-state index is -0.498. The summed E-state index contributed by atoms with van der Waals surface area (Å²) in [5, 5.41) is 11.1. The molecule has 7 nitrogen and oxygen atoms in total. The first-order valence-electron chi connectivity index (χ1n) is 7.55. The predicted octanol–water partition coefficient (Wildman–Crippen LogP) is 2.49. The molecule has 1 aromatic carbocycles. The lowest BCUT2D eigenvalue weighted by molar-refractivity contribution is 0.102. The zero-order valence-corrected chi connectivity index (χ0v) is 14.7. The van der Waals surface area contributed by atoms with Crippen LogP contribution in [0.15, 0.2) is 41.3 Å². The molecular weight excluding hydrogens is 342 g/mol. The van der Waals surface area contributed by atoms with Gasteiger partial charge in [-0.2, -0.15) is 0 Å². The Morgan fingerprint density at radius 3 is 2.64 bits per heavy atom. The molecule has 0 saturated heterocycles. The van der Waals surface area contributed by atoms with Crippen LogP contribution >= 0.6 is 11.6 Å². The van der Waals surface area contributed by atoms with Crippen LogP contribution in [0.4, 0.5) is 5.69 Å². The van der Waals surface area contributed by atoms with Crippen molar-refractivity contribution < 1.29 is 4.79 Å². The van der Waals surface area contributed by atoms with Gasteiger partial charge in [0, 0.05) is 13.2 Å². The van der Waals surface area contributed by atoms with E-state index in [1.807, 2.05) is 6.07 Å². The molecule has 1 amide bonds. The molecule has 0 bridgehead atoms. The van der Waals surface area contributed by atoms with Gasteiger partial charge in [-0.1, -0.05) is 28.9 Å². The third kappa shape index (κ3) is 3.06. The van der Waals surface area contributed by atoms with Crippen LogP contribution in [0.5, 0.6) is 0 Å². The van der Waals surface area contributed by atoms with E-state index in [1.165, 1.54) is 9.25 Å². The topological polar surface area (TPSA) is 81.8 Å². The van der Waals surface area contributed by atoms with Crippen molar-refractivity contribution in [3.05, 3.63) is 68.9 Å². The van der Waals surface area contributed by atoms with Gasteiger partial charge in [0.05, 0.1) is 16.4 Å². The number of hydrogen-bond acceptors (Lipinski definition) is 4. The molecule has 0 atom stereocenters. The highest BCUT2D eigenvalue weighted by Crippen LogP contribution is 2.21. The Bertz CT molecular complexity index is 1020. The summed E-state index contributed by atoms with van der Waals surface area (Å²) >= 11 is 6.18. The van der Waals surface area contributed by atoms with Crippen LogP contribution in [0.2, 0.25) is 5.02 Å². The van der Waals surface area contributed by atoms with Crippen molar-refractivity contribution in [3.8, 4) is 5.69 Å². The van der Waals surface area contributed by atoms with E-state index in [0.717, 1.165) is 0 Å². The summed E-state index contributed by atoms with van der Waals surface area (Å²) in [6.07, 6.45) is 1.65. The molecule has 0 saturated carbocycles. The number of nitrogens with one attached hydrogen (secondary N) is 1. The molecular formula is C17H16ClN5O2. The van der Waals surface area contributed by atoms with E-state index in [4.69, 9.17) is 11.6 Å². The highest BCUT2D eigenvalue weighted by Gasteiger charge is 2.20. The monoisotopic (exact) mass is 357 g/mol. The van der Waals surface area contributed by atoms with Crippen molar-refractivity contribution in [1.29, 1.82) is 0 Å². The second kappa shape index (κ2) is 6.52. The number of aryl methyl sites for hydroxylation is 2. The lowest BCUT2D eigenvalue weighted by atomic mass is 10.2. The Balaban J connectivity index is 1.97. The molecule has 0 aliphatic carbocycles. The summed E-state index contributed by atoms with van der Waals surface area (Å²) < 4.78 is 2.89. The Labute approximate surface area is 148 Å². The summed E-state index contributed by atoms with van der Waals surface area (Å²) in [4.78, 5) is 24.8. The first kappa shape index (κ1) is 16.9. The number of amides is 1. The normalized spacial score (nSPS) is 10.7. The van der Waals surface area contributed by atoms with Gasteiger partial charge in [0.2, 0.25) is 0 Å². The molecule has 0 aliphatic heterocycles. The van der Waals surface area contributed by atoms with E-state index in [2.05, 4.69) is 15.6 Å². The molecule has 2 heterocycles. The maximum Gasteiger partial charge on any atom is 0.278 e. The molecule has 2 aromatic heterocycles. The van der Waals surface area contributed by atoms with Gasteiger partial charge >= 0.3 is 0 Å². The van der Waals surface area contributed by atoms with Crippen LogP contribution in [0.25, 0.3) is 5.69 Å². The minimum absolute atomic E-state index is 0.130. The number of carbonyl (C=O) groups is 1. The van der Waals surface area contributed by atoms with E-state index < -0.39 is 5.91 Å². The molecule has 128 valence electrons. The maximum atomic E-state index is 12.6. The molecule has 3 aromatic rings. The second-order valence-electron chi connectivity index (χ2n) is 5.63. The van der Waals surface area contributed by atoms with Crippen molar-refractivity contribution in [3.63, 3.8) is 0 Å². The van der Waals surface area contributed by atoms with Crippen molar-refractivity contribution in [2.45, 2.75) is 13.8 Å². The number of para-hydroxylation sites is 1. The third-order valence-corrected chi connectivity index (χ3v) is 4.23. The lowest BCUT2D eigenvalue weighted by Gasteiger charge is -2.09. The van der Waals surface area contributed by atoms with Gasteiger partial charge in [-0.3, -0.25) is 9.59 Å². The summed E-state index contributed by atoms with van der Waals surface area (Å²) in [5.74, 6) is -0.498. The first-order valence-corrected chi connectivity index (χ1v) is 7.92. The molecule has 3 rings (SSSR count). The minimum Gasteiger partial charge on any atom is -0.317 e. The van der Waals surface area contributed by atoms with Crippen molar-refractivity contribution in [2.24, 2.45) is 7.05 Å². The largest absolute Gasteiger partial charge is 0.317 e. The second-order valence-corrected chi connectivity index (χ2v) is 6.04. The molecule has 8 heteroatoms. The number of anilines is 1. The summed E-state index contributed by atoms with van der Waals surface area (Å²) in [6.45, 7) is 3.47. The van der Waals surface area contributed by atoms with Crippen molar-refractivity contribution in [2.75, 3.05) is 5.32 Å². The van der Waals surface area contributed by atoms with Crippen LogP contribution in [0, 0.1) is 13.8 Å². The fourth-order valence-electron chi connectivity index (χ4n) is 2.44. The van der Waals surface area contributed by atoms with E-state index in [9.17, 15) is 9.59 Å². The van der Waals surface area contributed by atoms with Crippen LogP contribution in [0.1, 0.15) is 21.7 Å². The van der Waals surface area contributed by atoms with E-state index in [-0.39, 0.29) is 16.9 Å². The van der Waals surface area contributed by atoms with Crippen LogP contribution in [0.3, 0.4) is 0 Å². The fourth-order valence-corrected chi connectivity index (χ4v) is 2.65. The van der Waals surface area contributed by atoms with Crippen molar-refractivity contribution in [1.82, 2.24) is 19.6 Å². The van der Waals surface area contributed by atoms with Gasteiger partial charge in [-0.15, -0.1) is 5.10 Å². The number of hydrogen-bond donors (Lipinski definition) is 1. The van der Waals surface area contributed by atoms with Crippen LogP contribution < -0.4 is 10.9 Å². The van der Waals surface area contributed by atoms with Gasteiger partial charge < -0.3 is 9.88 Å². The van der Waals surface area contributed by atoms with Gasteiger partial charge in [0.15, 0.2) is 5.69 Å². The molecule has 0 unspecified atom stereocenters. The molecule has 1 N–H and O–H groups in total. The smallest absolute Gasteiger partial charge is 0.278 e. The number of nitrogens with zero attached hydrogens (tertiary/aromatic N) is 4. The summed E-state index contributed by atoms with van der Waals surface area (Å²) in [7, 11) is 1.62. The highest BCUT2D eigenvalue weighted by atomic mass is 35.5. The van der Waals surface area contributed by atoms with Gasteiger partial charge in [-0.05, 0) is 37.6 Å². The number of benzene rings is 1. The van der Waals surface area contributed by atoms with Crippen molar-refractivity contribution >= 4 is 23.2 Å². The Morgan fingerprint density at radius 1 is 1.20 bits per heavy atom. The lowest BCUT2D eigenvalue weighted by Crippen LogP contribution is -2.25. The number of rotatable bonds is 3. The fraction of sp³-hybridized carbons (Fsp3) is 0.176. The van der Waals surface area contributed by atoms with E-state index >= 15 is 0 Å². The Kier molecular flexibility index (Phi) is 4.41. The van der Waals surface area contributed by atoms with E-state index in [1.54, 1.807) is 51.4 Å². The van der Waals surface area contributed by atoms with Gasteiger partial charge in [0.1, 0.15) is 5.69 Å². The Morgan fingerprint density at radius 2 is 1.92 bits per heavy atom. The summed E-state index contributed by atoms with van der Waals surface area (Å²) in [6, 6.07) is 8.89.